The average Bonchev–Trinajstić information content (AvgIpc) is 2.61. The molecule has 1 heterocycles. The predicted molar refractivity (Wildman–Crippen MR) is 106 cm³/mol. The number of hydrogen-bond donors (Lipinski definition) is 2. The van der Waals surface area contributed by atoms with Crippen LogP contribution in [0, 0.1) is 0 Å². The molecule has 3 aromatic rings. The van der Waals surface area contributed by atoms with Gasteiger partial charge in [0.05, 0.1) is 17.2 Å². The highest BCUT2D eigenvalue weighted by Crippen LogP contribution is 2.34. The van der Waals surface area contributed by atoms with Gasteiger partial charge in [0, 0.05) is 24.1 Å². The molecule has 2 aromatic carbocycles. The monoisotopic (exact) mass is 425 g/mol. The summed E-state index contributed by atoms with van der Waals surface area (Å²) in [5, 5.41) is 3.37. The lowest BCUT2D eigenvalue weighted by molar-refractivity contribution is -0.274. The lowest BCUT2D eigenvalue weighted by Gasteiger charge is -2.15. The Bertz CT molecular complexity index is 1100. The number of nitrogens with one attached hydrogen (secondary N) is 2. The fourth-order valence-corrected chi connectivity index (χ4v) is 3.39. The van der Waals surface area contributed by atoms with Crippen LogP contribution < -0.4 is 14.8 Å². The smallest absolute Gasteiger partial charge is 0.405 e. The van der Waals surface area contributed by atoms with Crippen molar-refractivity contribution in [2.24, 2.45) is 0 Å². The summed E-state index contributed by atoms with van der Waals surface area (Å²) in [6.07, 6.45) is -1.65. The maximum absolute atomic E-state index is 12.7. The van der Waals surface area contributed by atoms with Gasteiger partial charge in [0.25, 0.3) is 0 Å². The molecule has 10 heteroatoms. The molecule has 0 radical (unpaired) electrons. The number of nitrogens with zero attached hydrogens (tertiary/aromatic N) is 1. The van der Waals surface area contributed by atoms with Gasteiger partial charge in [-0.2, -0.15) is 0 Å². The van der Waals surface area contributed by atoms with E-state index in [2.05, 4.69) is 19.8 Å². The Morgan fingerprint density at radius 1 is 1.07 bits per heavy atom. The zero-order valence-electron chi connectivity index (χ0n) is 15.3. The number of pyridine rings is 1. The van der Waals surface area contributed by atoms with Gasteiger partial charge < -0.3 is 10.1 Å². The van der Waals surface area contributed by atoms with Crippen molar-refractivity contribution in [1.82, 2.24) is 4.98 Å². The van der Waals surface area contributed by atoms with E-state index in [9.17, 15) is 21.6 Å². The summed E-state index contributed by atoms with van der Waals surface area (Å²) in [7, 11) is -3.34. The normalized spacial score (nSPS) is 12.0. The largest absolute Gasteiger partial charge is 0.573 e. The van der Waals surface area contributed by atoms with E-state index in [4.69, 9.17) is 0 Å². The first-order chi connectivity index (χ1) is 13.6. The van der Waals surface area contributed by atoms with Crippen molar-refractivity contribution < 1.29 is 26.3 Å². The van der Waals surface area contributed by atoms with Crippen LogP contribution in [0.1, 0.15) is 5.56 Å². The molecule has 0 saturated carbocycles. The van der Waals surface area contributed by atoms with Crippen molar-refractivity contribution in [2.75, 3.05) is 22.8 Å². The van der Waals surface area contributed by atoms with Gasteiger partial charge in [-0.15, -0.1) is 13.2 Å². The minimum Gasteiger partial charge on any atom is -0.405 e. The van der Waals surface area contributed by atoms with Gasteiger partial charge in [0.15, 0.2) is 0 Å². The fraction of sp³-hybridized carbons (Fsp3) is 0.211. The van der Waals surface area contributed by atoms with Crippen molar-refractivity contribution in [3.63, 3.8) is 0 Å². The van der Waals surface area contributed by atoms with Gasteiger partial charge in [-0.25, -0.2) is 8.42 Å². The zero-order valence-corrected chi connectivity index (χ0v) is 16.1. The molecule has 0 saturated heterocycles. The molecule has 3 rings (SSSR count). The zero-order chi connectivity index (χ0) is 21.1. The number of benzene rings is 2. The van der Waals surface area contributed by atoms with Gasteiger partial charge in [-0.05, 0) is 42.3 Å². The summed E-state index contributed by atoms with van der Waals surface area (Å²) >= 11 is 0. The van der Waals surface area contributed by atoms with E-state index < -0.39 is 16.4 Å². The lowest BCUT2D eigenvalue weighted by Crippen LogP contribution is -2.17. The third-order valence-electron chi connectivity index (χ3n) is 3.94. The Morgan fingerprint density at radius 2 is 1.79 bits per heavy atom. The second-order valence-corrected chi connectivity index (χ2v) is 8.05. The second-order valence-electron chi connectivity index (χ2n) is 6.30. The van der Waals surface area contributed by atoms with Crippen molar-refractivity contribution in [1.29, 1.82) is 0 Å². The highest BCUT2D eigenvalue weighted by Gasteiger charge is 2.32. The van der Waals surface area contributed by atoms with E-state index in [0.29, 0.717) is 29.9 Å². The maximum Gasteiger partial charge on any atom is 0.573 e. The van der Waals surface area contributed by atoms with Crippen LogP contribution in [0.5, 0.6) is 5.75 Å². The first kappa shape index (κ1) is 20.7. The number of hydrogen-bond acceptors (Lipinski definition) is 5. The molecule has 0 aliphatic carbocycles. The summed E-state index contributed by atoms with van der Waals surface area (Å²) in [6.45, 7) is 0.443. The Morgan fingerprint density at radius 3 is 2.45 bits per heavy atom. The van der Waals surface area contributed by atoms with Gasteiger partial charge in [0.2, 0.25) is 10.0 Å². The van der Waals surface area contributed by atoms with Crippen LogP contribution in [0.15, 0.2) is 54.7 Å². The van der Waals surface area contributed by atoms with Crippen molar-refractivity contribution in [2.45, 2.75) is 12.8 Å². The van der Waals surface area contributed by atoms with Crippen molar-refractivity contribution in [3.8, 4) is 5.75 Å². The first-order valence-corrected chi connectivity index (χ1v) is 10.4. The summed E-state index contributed by atoms with van der Waals surface area (Å²) in [4.78, 5) is 4.09. The highest BCUT2D eigenvalue weighted by molar-refractivity contribution is 7.92. The molecule has 6 nitrogen and oxygen atoms in total. The van der Waals surface area contributed by atoms with Crippen LogP contribution in [0.2, 0.25) is 0 Å². The number of halogens is 3. The van der Waals surface area contributed by atoms with Gasteiger partial charge >= 0.3 is 6.36 Å². The lowest BCUT2D eigenvalue weighted by atomic mass is 10.1. The Balaban J connectivity index is 1.72. The standard InChI is InChI=1S/C19H18F3N3O3S/c1-29(26,27)25-14-7-5-13(6-8-14)9-11-23-16-10-12-24-15-3-2-4-17(18(15)16)28-19(20,21)22/h2-8,10,12,25H,9,11H2,1H3,(H,23,24). The molecule has 29 heavy (non-hydrogen) atoms. The van der Waals surface area contributed by atoms with Crippen LogP contribution in [-0.2, 0) is 16.4 Å². The van der Waals surface area contributed by atoms with E-state index in [0.717, 1.165) is 11.8 Å². The molecule has 0 aliphatic rings. The van der Waals surface area contributed by atoms with E-state index in [1.807, 2.05) is 0 Å². The number of rotatable bonds is 7. The van der Waals surface area contributed by atoms with E-state index in [1.165, 1.54) is 18.3 Å². The SMILES string of the molecule is CS(=O)(=O)Nc1ccc(CCNc2ccnc3cccc(OC(F)(F)F)c23)cc1. The predicted octanol–water partition coefficient (Wildman–Crippen LogP) is 4.16. The van der Waals surface area contributed by atoms with E-state index >= 15 is 0 Å². The van der Waals surface area contributed by atoms with Crippen molar-refractivity contribution >= 4 is 32.3 Å². The highest BCUT2D eigenvalue weighted by atomic mass is 32.2. The van der Waals surface area contributed by atoms with Crippen molar-refractivity contribution in [3.05, 3.63) is 60.3 Å². The Hall–Kier alpha value is -3.01. The maximum atomic E-state index is 12.7. The second kappa shape index (κ2) is 8.16. The minimum atomic E-state index is -4.80. The molecule has 154 valence electrons. The van der Waals surface area contributed by atoms with Crippen LogP contribution in [0.3, 0.4) is 0 Å². The number of anilines is 2. The first-order valence-electron chi connectivity index (χ1n) is 8.55. The van der Waals surface area contributed by atoms with Gasteiger partial charge in [-0.3, -0.25) is 9.71 Å². The molecule has 0 aliphatic heterocycles. The molecule has 0 unspecified atom stereocenters. The molecule has 0 bridgehead atoms. The number of fused-ring (bicyclic) bond motifs is 1. The summed E-state index contributed by atoms with van der Waals surface area (Å²) in [5.74, 6) is -0.318. The quantitative estimate of drug-likeness (QED) is 0.594. The third kappa shape index (κ3) is 5.98. The van der Waals surface area contributed by atoms with Crippen LogP contribution >= 0.6 is 0 Å². The number of alkyl halides is 3. The molecule has 1 aromatic heterocycles. The molecular formula is C19H18F3N3O3S. The van der Waals surface area contributed by atoms with Crippen LogP contribution in [0.4, 0.5) is 24.5 Å². The van der Waals surface area contributed by atoms with Gasteiger partial charge in [-0.1, -0.05) is 18.2 Å². The fourth-order valence-electron chi connectivity index (χ4n) is 2.83. The molecule has 0 atom stereocenters. The number of ether oxygens (including phenoxy) is 1. The van der Waals surface area contributed by atoms with E-state index in [-0.39, 0.29) is 11.1 Å². The number of aromatic nitrogens is 1. The third-order valence-corrected chi connectivity index (χ3v) is 4.55. The summed E-state index contributed by atoms with van der Waals surface area (Å²) < 4.78 is 67.1. The van der Waals surface area contributed by atoms with Crippen LogP contribution in [0.25, 0.3) is 10.9 Å². The molecule has 0 spiro atoms. The van der Waals surface area contributed by atoms with Gasteiger partial charge in [0.1, 0.15) is 5.75 Å². The number of sulfonamides is 1. The van der Waals surface area contributed by atoms with Crippen LogP contribution in [-0.4, -0.2) is 32.6 Å². The summed E-state index contributed by atoms with van der Waals surface area (Å²) in [5.41, 5.74) is 2.25. The minimum absolute atomic E-state index is 0.250. The van der Waals surface area contributed by atoms with E-state index in [1.54, 1.807) is 36.4 Å². The summed E-state index contributed by atoms with van der Waals surface area (Å²) in [6, 6.07) is 12.7. The Kier molecular flexibility index (Phi) is 5.83. The average molecular weight is 425 g/mol. The molecule has 0 amide bonds. The molecule has 0 fully saturated rings. The topological polar surface area (TPSA) is 80.3 Å². The Labute approximate surface area is 165 Å². The molecular weight excluding hydrogens is 407 g/mol. The molecule has 2 N–H and O–H groups in total.